The third-order valence-corrected chi connectivity index (χ3v) is 5.03. The second-order valence-electron chi connectivity index (χ2n) is 4.94. The van der Waals surface area contributed by atoms with Gasteiger partial charge in [-0.05, 0) is 30.0 Å². The summed E-state index contributed by atoms with van der Waals surface area (Å²) in [6.07, 6.45) is 5.76. The number of anilines is 1. The Hall–Kier alpha value is -2.12. The number of rotatable bonds is 3. The van der Waals surface area contributed by atoms with Crippen molar-refractivity contribution in [2.45, 2.75) is 11.4 Å². The number of thioether (sulfide) groups is 1. The van der Waals surface area contributed by atoms with E-state index in [2.05, 4.69) is 37.7 Å². The van der Waals surface area contributed by atoms with E-state index in [1.54, 1.807) is 11.8 Å². The molecule has 0 radical (unpaired) electrons. The lowest BCUT2D eigenvalue weighted by Gasteiger charge is -2.04. The van der Waals surface area contributed by atoms with Gasteiger partial charge in [0.2, 0.25) is 0 Å². The third-order valence-electron chi connectivity index (χ3n) is 3.49. The molecule has 2 N–H and O–H groups in total. The molecule has 0 aliphatic rings. The molecule has 3 heterocycles. The van der Waals surface area contributed by atoms with Gasteiger partial charge in [0.1, 0.15) is 5.52 Å². The van der Waals surface area contributed by atoms with Gasteiger partial charge in [-0.25, -0.2) is 15.0 Å². The molecule has 7 heteroatoms. The van der Waals surface area contributed by atoms with Crippen molar-refractivity contribution >= 4 is 49.6 Å². The summed E-state index contributed by atoms with van der Waals surface area (Å²) in [5.41, 5.74) is 9.72. The monoisotopic (exact) mass is 327 g/mol. The van der Waals surface area contributed by atoms with Gasteiger partial charge in [-0.1, -0.05) is 17.4 Å². The number of fused-ring (bicyclic) bond motifs is 2. The minimum absolute atomic E-state index is 0.603. The first-order valence-corrected chi connectivity index (χ1v) is 8.77. The molecule has 0 amide bonds. The highest BCUT2D eigenvalue weighted by Gasteiger charge is 2.07. The van der Waals surface area contributed by atoms with Crippen LogP contribution < -0.4 is 5.73 Å². The van der Waals surface area contributed by atoms with E-state index in [1.165, 1.54) is 16.9 Å². The highest BCUT2D eigenvalue weighted by molar-refractivity contribution is 7.98. The first-order chi connectivity index (χ1) is 10.7. The Morgan fingerprint density at radius 1 is 1.23 bits per heavy atom. The summed E-state index contributed by atoms with van der Waals surface area (Å²) in [5.74, 6) is 0. The van der Waals surface area contributed by atoms with Crippen LogP contribution in [-0.2, 0) is 6.54 Å². The van der Waals surface area contributed by atoms with Gasteiger partial charge in [0.15, 0.2) is 10.8 Å². The molecular formula is C15H13N5S2. The quantitative estimate of drug-likeness (QED) is 0.584. The minimum atomic E-state index is 0.603. The third kappa shape index (κ3) is 2.32. The average molecular weight is 327 g/mol. The number of imidazole rings is 1. The Morgan fingerprint density at radius 2 is 2.14 bits per heavy atom. The predicted octanol–water partition coefficient (Wildman–Crippen LogP) is 3.39. The molecule has 4 rings (SSSR count). The molecule has 110 valence electrons. The number of nitrogen functional groups attached to an aromatic ring is 1. The molecule has 0 saturated carbocycles. The highest BCUT2D eigenvalue weighted by Crippen LogP contribution is 2.25. The fourth-order valence-corrected chi connectivity index (χ4v) is 3.63. The van der Waals surface area contributed by atoms with Crippen LogP contribution in [0.2, 0.25) is 0 Å². The van der Waals surface area contributed by atoms with Crippen LogP contribution in [-0.4, -0.2) is 25.8 Å². The standard InChI is InChI=1S/C15H13N5S2/c1-21-10-5-12-14(17-6-10)20(8-18-12)7-9-2-3-11-13(4-9)22-15(16)19-11/h2-6,8H,7H2,1H3,(H2,16,19). The molecule has 0 aliphatic carbocycles. The predicted molar refractivity (Wildman–Crippen MR) is 92.4 cm³/mol. The smallest absolute Gasteiger partial charge is 0.181 e. The second-order valence-corrected chi connectivity index (χ2v) is 6.89. The summed E-state index contributed by atoms with van der Waals surface area (Å²) in [7, 11) is 0. The van der Waals surface area contributed by atoms with Crippen molar-refractivity contribution in [2.24, 2.45) is 0 Å². The molecule has 3 aromatic heterocycles. The summed E-state index contributed by atoms with van der Waals surface area (Å²) >= 11 is 3.18. The van der Waals surface area contributed by atoms with E-state index in [0.29, 0.717) is 5.13 Å². The largest absolute Gasteiger partial charge is 0.375 e. The van der Waals surface area contributed by atoms with Gasteiger partial charge >= 0.3 is 0 Å². The van der Waals surface area contributed by atoms with Crippen LogP contribution in [0.25, 0.3) is 21.4 Å². The number of aromatic nitrogens is 4. The maximum atomic E-state index is 5.76. The number of nitrogens with two attached hydrogens (primary N) is 1. The van der Waals surface area contributed by atoms with Crippen molar-refractivity contribution in [2.75, 3.05) is 12.0 Å². The van der Waals surface area contributed by atoms with E-state index >= 15 is 0 Å². The SMILES string of the molecule is CSc1cnc2c(c1)ncn2Cc1ccc2nc(N)sc2c1. The van der Waals surface area contributed by atoms with E-state index < -0.39 is 0 Å². The lowest BCUT2D eigenvalue weighted by molar-refractivity contribution is 0.815. The lowest BCUT2D eigenvalue weighted by Crippen LogP contribution is -1.99. The van der Waals surface area contributed by atoms with E-state index in [0.717, 1.165) is 32.8 Å². The molecule has 0 aliphatic heterocycles. The average Bonchev–Trinajstić information content (AvgIpc) is 3.09. The van der Waals surface area contributed by atoms with Gasteiger partial charge in [0.25, 0.3) is 0 Å². The van der Waals surface area contributed by atoms with E-state index in [1.807, 2.05) is 24.8 Å². The number of hydrogen-bond acceptors (Lipinski definition) is 6. The maximum Gasteiger partial charge on any atom is 0.181 e. The maximum absolute atomic E-state index is 5.76. The summed E-state index contributed by atoms with van der Waals surface area (Å²) < 4.78 is 3.17. The number of thiazole rings is 1. The summed E-state index contributed by atoms with van der Waals surface area (Å²) in [6, 6.07) is 8.28. The van der Waals surface area contributed by atoms with Crippen molar-refractivity contribution in [3.05, 3.63) is 42.4 Å². The molecule has 0 spiro atoms. The molecule has 0 bridgehead atoms. The van der Waals surface area contributed by atoms with Gasteiger partial charge in [0, 0.05) is 11.1 Å². The normalized spacial score (nSPS) is 11.5. The zero-order chi connectivity index (χ0) is 15.1. The molecule has 4 aromatic rings. The first-order valence-electron chi connectivity index (χ1n) is 6.73. The molecule has 1 aromatic carbocycles. The van der Waals surface area contributed by atoms with Crippen molar-refractivity contribution < 1.29 is 0 Å². The Kier molecular flexibility index (Phi) is 3.24. The fraction of sp³-hybridized carbons (Fsp3) is 0.133. The molecule has 22 heavy (non-hydrogen) atoms. The van der Waals surface area contributed by atoms with E-state index in [9.17, 15) is 0 Å². The Bertz CT molecular complexity index is 973. The summed E-state index contributed by atoms with van der Waals surface area (Å²) in [6.45, 7) is 0.732. The van der Waals surface area contributed by atoms with Crippen LogP contribution in [0.3, 0.4) is 0 Å². The summed E-state index contributed by atoms with van der Waals surface area (Å²) in [5, 5.41) is 0.603. The Morgan fingerprint density at radius 3 is 3.00 bits per heavy atom. The Labute approximate surface area is 135 Å². The number of benzene rings is 1. The molecular weight excluding hydrogens is 314 g/mol. The van der Waals surface area contributed by atoms with Crippen molar-refractivity contribution in [3.63, 3.8) is 0 Å². The Balaban J connectivity index is 1.72. The van der Waals surface area contributed by atoms with Crippen molar-refractivity contribution in [1.29, 1.82) is 0 Å². The number of hydrogen-bond donors (Lipinski definition) is 1. The van der Waals surface area contributed by atoms with Gasteiger partial charge < -0.3 is 10.3 Å². The lowest BCUT2D eigenvalue weighted by atomic mass is 10.2. The molecule has 5 nitrogen and oxygen atoms in total. The summed E-state index contributed by atoms with van der Waals surface area (Å²) in [4.78, 5) is 14.4. The first kappa shape index (κ1) is 13.5. The van der Waals surface area contributed by atoms with Crippen LogP contribution in [0.4, 0.5) is 5.13 Å². The number of nitrogens with zero attached hydrogens (tertiary/aromatic N) is 4. The zero-order valence-corrected chi connectivity index (χ0v) is 13.5. The van der Waals surface area contributed by atoms with Gasteiger partial charge in [0.05, 0.1) is 23.1 Å². The minimum Gasteiger partial charge on any atom is -0.375 e. The second kappa shape index (κ2) is 5.26. The molecule has 0 unspecified atom stereocenters. The van der Waals surface area contributed by atoms with Gasteiger partial charge in [-0.2, -0.15) is 0 Å². The van der Waals surface area contributed by atoms with Crippen LogP contribution in [0.5, 0.6) is 0 Å². The van der Waals surface area contributed by atoms with Crippen LogP contribution in [0.1, 0.15) is 5.56 Å². The topological polar surface area (TPSA) is 69.6 Å². The zero-order valence-electron chi connectivity index (χ0n) is 11.9. The number of pyridine rings is 1. The molecule has 0 fully saturated rings. The van der Waals surface area contributed by atoms with Crippen LogP contribution >= 0.6 is 23.1 Å². The molecule has 0 saturated heterocycles. The van der Waals surface area contributed by atoms with Gasteiger partial charge in [-0.3, -0.25) is 0 Å². The van der Waals surface area contributed by atoms with Crippen molar-refractivity contribution in [3.8, 4) is 0 Å². The highest BCUT2D eigenvalue weighted by atomic mass is 32.2. The molecule has 0 atom stereocenters. The van der Waals surface area contributed by atoms with E-state index in [4.69, 9.17) is 5.73 Å². The van der Waals surface area contributed by atoms with Crippen molar-refractivity contribution in [1.82, 2.24) is 19.5 Å². The van der Waals surface area contributed by atoms with Crippen LogP contribution in [0.15, 0.2) is 41.7 Å². The van der Waals surface area contributed by atoms with Crippen LogP contribution in [0, 0.1) is 0 Å². The van der Waals surface area contributed by atoms with Gasteiger partial charge in [-0.15, -0.1) is 11.8 Å². The fourth-order valence-electron chi connectivity index (χ4n) is 2.44. The van der Waals surface area contributed by atoms with E-state index in [-0.39, 0.29) is 0 Å².